The second kappa shape index (κ2) is 4.90. The molecule has 0 bridgehead atoms. The number of ether oxygens (including phenoxy) is 1. The standard InChI is InChI=1S/C10H17NO2/c1-3-9(10(12)13-4-2)11-7-5-6-8-11/h3H,4-8H2,1-2H3. The van der Waals surface area contributed by atoms with Gasteiger partial charge in [-0.1, -0.05) is 6.08 Å². The lowest BCUT2D eigenvalue weighted by molar-refractivity contribution is -0.140. The molecule has 0 amide bonds. The molecule has 74 valence electrons. The zero-order valence-electron chi connectivity index (χ0n) is 8.38. The predicted molar refractivity (Wildman–Crippen MR) is 51.2 cm³/mol. The molecule has 1 heterocycles. The van der Waals surface area contributed by atoms with Crippen LogP contribution in [-0.2, 0) is 9.53 Å². The Bertz CT molecular complexity index is 205. The molecule has 3 heteroatoms. The Kier molecular flexibility index (Phi) is 3.80. The molecule has 3 nitrogen and oxygen atoms in total. The summed E-state index contributed by atoms with van der Waals surface area (Å²) in [5.41, 5.74) is 0.722. The molecule has 0 atom stereocenters. The van der Waals surface area contributed by atoms with Crippen LogP contribution in [0.4, 0.5) is 0 Å². The van der Waals surface area contributed by atoms with Crippen molar-refractivity contribution in [3.63, 3.8) is 0 Å². The SMILES string of the molecule is CC=C(C(=O)OCC)N1CCCC1. The number of rotatable bonds is 3. The summed E-state index contributed by atoms with van der Waals surface area (Å²) in [6, 6.07) is 0. The van der Waals surface area contributed by atoms with Crippen LogP contribution in [0.15, 0.2) is 11.8 Å². The highest BCUT2D eigenvalue weighted by Gasteiger charge is 2.20. The van der Waals surface area contributed by atoms with Crippen LogP contribution in [0.25, 0.3) is 0 Å². The van der Waals surface area contributed by atoms with E-state index in [0.29, 0.717) is 6.61 Å². The molecule has 0 saturated carbocycles. The van der Waals surface area contributed by atoms with Gasteiger partial charge in [0.15, 0.2) is 0 Å². The van der Waals surface area contributed by atoms with Gasteiger partial charge in [-0.15, -0.1) is 0 Å². The van der Waals surface area contributed by atoms with Crippen LogP contribution in [0.1, 0.15) is 26.7 Å². The van der Waals surface area contributed by atoms with E-state index in [1.807, 2.05) is 19.9 Å². The summed E-state index contributed by atoms with van der Waals surface area (Å²) in [5.74, 6) is -0.188. The lowest BCUT2D eigenvalue weighted by Crippen LogP contribution is -2.25. The molecule has 0 aromatic rings. The van der Waals surface area contributed by atoms with Gasteiger partial charge in [0.05, 0.1) is 6.61 Å². The second-order valence-corrected chi connectivity index (χ2v) is 3.09. The van der Waals surface area contributed by atoms with Gasteiger partial charge in [-0.3, -0.25) is 0 Å². The maximum atomic E-state index is 11.4. The van der Waals surface area contributed by atoms with Crippen molar-refractivity contribution < 1.29 is 9.53 Å². The van der Waals surface area contributed by atoms with E-state index >= 15 is 0 Å². The number of hydrogen-bond acceptors (Lipinski definition) is 3. The van der Waals surface area contributed by atoms with Crippen molar-refractivity contribution in [3.8, 4) is 0 Å². The Morgan fingerprint density at radius 1 is 1.46 bits per heavy atom. The minimum Gasteiger partial charge on any atom is -0.461 e. The van der Waals surface area contributed by atoms with Crippen molar-refractivity contribution in [2.45, 2.75) is 26.7 Å². The first kappa shape index (κ1) is 10.1. The maximum absolute atomic E-state index is 11.4. The van der Waals surface area contributed by atoms with Crippen LogP contribution in [-0.4, -0.2) is 30.6 Å². The first-order valence-electron chi connectivity index (χ1n) is 4.88. The topological polar surface area (TPSA) is 29.5 Å². The van der Waals surface area contributed by atoms with Crippen molar-refractivity contribution in [1.82, 2.24) is 4.90 Å². The fourth-order valence-corrected chi connectivity index (χ4v) is 1.59. The predicted octanol–water partition coefficient (Wildman–Crippen LogP) is 1.55. The lowest BCUT2D eigenvalue weighted by atomic mass is 10.3. The Labute approximate surface area is 79.4 Å². The van der Waals surface area contributed by atoms with Crippen LogP contribution in [0, 0.1) is 0 Å². The van der Waals surface area contributed by atoms with Gasteiger partial charge >= 0.3 is 5.97 Å². The zero-order chi connectivity index (χ0) is 9.68. The van der Waals surface area contributed by atoms with E-state index in [1.54, 1.807) is 0 Å². The van der Waals surface area contributed by atoms with Crippen molar-refractivity contribution in [3.05, 3.63) is 11.8 Å². The van der Waals surface area contributed by atoms with E-state index in [9.17, 15) is 4.79 Å². The van der Waals surface area contributed by atoms with Crippen LogP contribution in [0.2, 0.25) is 0 Å². The zero-order valence-corrected chi connectivity index (χ0v) is 8.38. The summed E-state index contributed by atoms with van der Waals surface area (Å²) in [5, 5.41) is 0. The Morgan fingerprint density at radius 2 is 2.08 bits per heavy atom. The third-order valence-electron chi connectivity index (χ3n) is 2.20. The van der Waals surface area contributed by atoms with Gasteiger partial charge in [0.25, 0.3) is 0 Å². The molecule has 1 fully saturated rings. The third kappa shape index (κ3) is 2.47. The van der Waals surface area contributed by atoms with Gasteiger partial charge in [0.1, 0.15) is 5.70 Å². The fraction of sp³-hybridized carbons (Fsp3) is 0.700. The van der Waals surface area contributed by atoms with E-state index < -0.39 is 0 Å². The molecule has 0 radical (unpaired) electrons. The fourth-order valence-electron chi connectivity index (χ4n) is 1.59. The number of likely N-dealkylation sites (tertiary alicyclic amines) is 1. The van der Waals surface area contributed by atoms with Crippen LogP contribution < -0.4 is 0 Å². The molecule has 0 aliphatic carbocycles. The summed E-state index contributed by atoms with van der Waals surface area (Å²) in [4.78, 5) is 13.5. The van der Waals surface area contributed by atoms with Crippen LogP contribution in [0.5, 0.6) is 0 Å². The highest BCUT2D eigenvalue weighted by molar-refractivity contribution is 5.87. The minimum absolute atomic E-state index is 0.188. The molecular formula is C10H17NO2. The average molecular weight is 183 g/mol. The van der Waals surface area contributed by atoms with Gasteiger partial charge in [-0.2, -0.15) is 0 Å². The highest BCUT2D eigenvalue weighted by atomic mass is 16.5. The van der Waals surface area contributed by atoms with Crippen molar-refractivity contribution in [2.75, 3.05) is 19.7 Å². The largest absolute Gasteiger partial charge is 0.461 e. The summed E-state index contributed by atoms with van der Waals surface area (Å²) in [6.07, 6.45) is 4.19. The number of nitrogens with zero attached hydrogens (tertiary/aromatic N) is 1. The summed E-state index contributed by atoms with van der Waals surface area (Å²) in [7, 11) is 0. The molecule has 1 saturated heterocycles. The molecule has 1 rings (SSSR count). The molecule has 0 unspecified atom stereocenters. The number of esters is 1. The van der Waals surface area contributed by atoms with E-state index in [1.165, 1.54) is 12.8 Å². The quantitative estimate of drug-likeness (QED) is 0.491. The highest BCUT2D eigenvalue weighted by Crippen LogP contribution is 2.15. The normalized spacial score (nSPS) is 17.7. The van der Waals surface area contributed by atoms with Gasteiger partial charge in [-0.05, 0) is 26.7 Å². The molecule has 0 N–H and O–H groups in total. The maximum Gasteiger partial charge on any atom is 0.354 e. The van der Waals surface area contributed by atoms with Crippen LogP contribution >= 0.6 is 0 Å². The van der Waals surface area contributed by atoms with Crippen molar-refractivity contribution >= 4 is 5.97 Å². The van der Waals surface area contributed by atoms with Crippen molar-refractivity contribution in [2.24, 2.45) is 0 Å². The minimum atomic E-state index is -0.188. The molecule has 13 heavy (non-hydrogen) atoms. The van der Waals surface area contributed by atoms with E-state index in [-0.39, 0.29) is 5.97 Å². The number of allylic oxidation sites excluding steroid dienone is 1. The molecule has 0 aromatic carbocycles. The Morgan fingerprint density at radius 3 is 2.54 bits per heavy atom. The molecule has 1 aliphatic rings. The number of hydrogen-bond donors (Lipinski definition) is 0. The number of carbonyl (C=O) groups is 1. The van der Waals surface area contributed by atoms with E-state index in [4.69, 9.17) is 4.74 Å². The van der Waals surface area contributed by atoms with Gasteiger partial charge in [-0.25, -0.2) is 4.79 Å². The number of carbonyl (C=O) groups excluding carboxylic acids is 1. The van der Waals surface area contributed by atoms with Gasteiger partial charge in [0.2, 0.25) is 0 Å². The molecular weight excluding hydrogens is 166 g/mol. The van der Waals surface area contributed by atoms with Gasteiger partial charge in [0, 0.05) is 13.1 Å². The molecule has 1 aliphatic heterocycles. The average Bonchev–Trinajstić information content (AvgIpc) is 2.59. The van der Waals surface area contributed by atoms with Crippen molar-refractivity contribution in [1.29, 1.82) is 0 Å². The molecule has 0 spiro atoms. The Balaban J connectivity index is 2.56. The smallest absolute Gasteiger partial charge is 0.354 e. The van der Waals surface area contributed by atoms with Gasteiger partial charge < -0.3 is 9.64 Å². The van der Waals surface area contributed by atoms with E-state index in [2.05, 4.69) is 4.90 Å². The first-order valence-corrected chi connectivity index (χ1v) is 4.88. The Hall–Kier alpha value is -0.990. The van der Waals surface area contributed by atoms with Crippen LogP contribution in [0.3, 0.4) is 0 Å². The first-order chi connectivity index (χ1) is 6.29. The second-order valence-electron chi connectivity index (χ2n) is 3.09. The lowest BCUT2D eigenvalue weighted by Gasteiger charge is -2.19. The summed E-state index contributed by atoms with van der Waals surface area (Å²) in [6.45, 7) is 6.13. The summed E-state index contributed by atoms with van der Waals surface area (Å²) >= 11 is 0. The third-order valence-corrected chi connectivity index (χ3v) is 2.20. The van der Waals surface area contributed by atoms with E-state index in [0.717, 1.165) is 18.8 Å². The summed E-state index contributed by atoms with van der Waals surface area (Å²) < 4.78 is 4.96. The molecule has 0 aromatic heterocycles. The monoisotopic (exact) mass is 183 g/mol.